The lowest BCUT2D eigenvalue weighted by Gasteiger charge is -2.05. The Bertz CT molecular complexity index is 1130. The first-order chi connectivity index (χ1) is 13.0. The van der Waals surface area contributed by atoms with Crippen molar-refractivity contribution in [3.8, 4) is 11.1 Å². The largest absolute Gasteiger partial charge is 0.478 e. The van der Waals surface area contributed by atoms with E-state index in [1.807, 2.05) is 0 Å². The number of rotatable bonds is 4. The number of amides is 1. The topological polar surface area (TPSA) is 92.4 Å². The monoisotopic (exact) mass is 398 g/mol. The number of aromatic nitrogens is 1. The van der Waals surface area contributed by atoms with E-state index in [0.717, 1.165) is 11.3 Å². The van der Waals surface area contributed by atoms with E-state index in [1.54, 1.807) is 48.0 Å². The van der Waals surface area contributed by atoms with Gasteiger partial charge < -0.3 is 14.8 Å². The quantitative estimate of drug-likeness (QED) is 0.495. The molecule has 0 aliphatic heterocycles. The molecule has 0 unspecified atom stereocenters. The van der Waals surface area contributed by atoms with Gasteiger partial charge in [0, 0.05) is 28.2 Å². The number of pyridine rings is 1. The fraction of sp³-hybridized carbons (Fsp3) is 0. The minimum Gasteiger partial charge on any atom is -0.478 e. The fourth-order valence-corrected chi connectivity index (χ4v) is 3.73. The Labute approximate surface area is 162 Å². The summed E-state index contributed by atoms with van der Waals surface area (Å²) in [5.74, 6) is -1.62. The van der Waals surface area contributed by atoms with Gasteiger partial charge in [0.1, 0.15) is 16.1 Å². The molecule has 27 heavy (non-hydrogen) atoms. The number of halogens is 1. The number of fused-ring (bicyclic) bond motifs is 1. The van der Waals surface area contributed by atoms with Crippen LogP contribution in [0.2, 0.25) is 5.02 Å². The van der Waals surface area contributed by atoms with E-state index in [0.29, 0.717) is 27.2 Å². The van der Waals surface area contributed by atoms with Crippen molar-refractivity contribution in [1.82, 2.24) is 4.98 Å². The molecule has 0 aliphatic rings. The van der Waals surface area contributed by atoms with Crippen molar-refractivity contribution in [2.45, 2.75) is 0 Å². The number of nitrogens with zero attached hydrogens (tertiary/aromatic N) is 1. The van der Waals surface area contributed by atoms with Gasteiger partial charge in [0.25, 0.3) is 5.91 Å². The van der Waals surface area contributed by atoms with Gasteiger partial charge in [0.15, 0.2) is 11.3 Å². The van der Waals surface area contributed by atoms with Crippen LogP contribution in [-0.2, 0) is 0 Å². The van der Waals surface area contributed by atoms with Crippen molar-refractivity contribution < 1.29 is 19.1 Å². The Balaban J connectivity index is 1.68. The molecule has 0 spiro atoms. The first-order valence-corrected chi connectivity index (χ1v) is 9.05. The van der Waals surface area contributed by atoms with Crippen LogP contribution in [0.15, 0.2) is 58.5 Å². The molecule has 0 saturated heterocycles. The smallest absolute Gasteiger partial charge is 0.339 e. The Morgan fingerprint density at radius 1 is 1.19 bits per heavy atom. The number of nitrogens with one attached hydrogen (secondary N) is 1. The highest BCUT2D eigenvalue weighted by atomic mass is 35.5. The van der Waals surface area contributed by atoms with Crippen LogP contribution in [0.1, 0.15) is 20.9 Å². The molecule has 6 nitrogen and oxygen atoms in total. The van der Waals surface area contributed by atoms with Gasteiger partial charge in [-0.15, -0.1) is 11.3 Å². The SMILES string of the molecule is O=C(Nc1scc(-c2ccc(Cl)cc2)c1C(=O)O)c1cc2ncccc2o1. The predicted molar refractivity (Wildman–Crippen MR) is 104 cm³/mol. The van der Waals surface area contributed by atoms with Gasteiger partial charge >= 0.3 is 5.97 Å². The van der Waals surface area contributed by atoms with Gasteiger partial charge in [-0.3, -0.25) is 9.78 Å². The standard InChI is InChI=1S/C19H11ClN2O4S/c20-11-5-3-10(4-6-11)12-9-27-18(16(12)19(24)25)22-17(23)15-8-13-14(26-15)2-1-7-21-13/h1-9H,(H,22,23)(H,24,25). The Morgan fingerprint density at radius 2 is 1.96 bits per heavy atom. The van der Waals surface area contributed by atoms with E-state index in [1.165, 1.54) is 6.07 Å². The van der Waals surface area contributed by atoms with Gasteiger partial charge in [0.2, 0.25) is 0 Å². The number of hydrogen-bond donors (Lipinski definition) is 2. The molecular formula is C19H11ClN2O4S. The van der Waals surface area contributed by atoms with Crippen molar-refractivity contribution in [3.63, 3.8) is 0 Å². The number of carbonyl (C=O) groups is 2. The predicted octanol–water partition coefficient (Wildman–Crippen LogP) is 5.16. The summed E-state index contributed by atoms with van der Waals surface area (Å²) >= 11 is 7.02. The van der Waals surface area contributed by atoms with Crippen LogP contribution in [0.25, 0.3) is 22.2 Å². The van der Waals surface area contributed by atoms with E-state index < -0.39 is 11.9 Å². The molecule has 0 saturated carbocycles. The average molecular weight is 399 g/mol. The average Bonchev–Trinajstić information content (AvgIpc) is 3.26. The minimum atomic E-state index is -1.14. The van der Waals surface area contributed by atoms with Crippen LogP contribution >= 0.6 is 22.9 Å². The molecule has 0 radical (unpaired) electrons. The first kappa shape index (κ1) is 17.3. The fourth-order valence-electron chi connectivity index (χ4n) is 2.65. The molecule has 0 atom stereocenters. The van der Waals surface area contributed by atoms with Gasteiger partial charge in [-0.25, -0.2) is 4.79 Å². The number of hydrogen-bond acceptors (Lipinski definition) is 5. The number of carboxylic acid groups (broad SMARTS) is 1. The van der Waals surface area contributed by atoms with E-state index in [4.69, 9.17) is 16.0 Å². The highest BCUT2D eigenvalue weighted by Gasteiger charge is 2.22. The summed E-state index contributed by atoms with van der Waals surface area (Å²) in [5.41, 5.74) is 2.25. The van der Waals surface area contributed by atoms with E-state index in [-0.39, 0.29) is 16.3 Å². The molecule has 1 aromatic carbocycles. The normalized spacial score (nSPS) is 10.9. The molecule has 0 aliphatic carbocycles. The molecule has 134 valence electrons. The summed E-state index contributed by atoms with van der Waals surface area (Å²) in [5, 5.41) is 14.7. The number of benzene rings is 1. The number of aromatic carboxylic acids is 1. The molecule has 8 heteroatoms. The molecule has 0 fully saturated rings. The van der Waals surface area contributed by atoms with Gasteiger partial charge in [-0.05, 0) is 29.8 Å². The maximum absolute atomic E-state index is 12.5. The molecule has 4 aromatic rings. The van der Waals surface area contributed by atoms with Crippen LogP contribution in [0.4, 0.5) is 5.00 Å². The number of thiophene rings is 1. The maximum Gasteiger partial charge on any atom is 0.339 e. The van der Waals surface area contributed by atoms with E-state index in [2.05, 4.69) is 10.3 Å². The van der Waals surface area contributed by atoms with Crippen LogP contribution < -0.4 is 5.32 Å². The Hall–Kier alpha value is -3.16. The van der Waals surface area contributed by atoms with Crippen LogP contribution in [0.3, 0.4) is 0 Å². The highest BCUT2D eigenvalue weighted by Crippen LogP contribution is 2.36. The van der Waals surface area contributed by atoms with Crippen LogP contribution in [-0.4, -0.2) is 22.0 Å². The van der Waals surface area contributed by atoms with E-state index >= 15 is 0 Å². The van der Waals surface area contributed by atoms with Crippen LogP contribution in [0.5, 0.6) is 0 Å². The Morgan fingerprint density at radius 3 is 2.67 bits per heavy atom. The summed E-state index contributed by atoms with van der Waals surface area (Å²) in [6.07, 6.45) is 1.60. The van der Waals surface area contributed by atoms with Crippen molar-refractivity contribution in [1.29, 1.82) is 0 Å². The highest BCUT2D eigenvalue weighted by molar-refractivity contribution is 7.15. The minimum absolute atomic E-state index is 0.0184. The molecule has 1 amide bonds. The summed E-state index contributed by atoms with van der Waals surface area (Å²) in [6.45, 7) is 0. The maximum atomic E-state index is 12.5. The third-order valence-corrected chi connectivity index (χ3v) is 5.05. The number of anilines is 1. The third kappa shape index (κ3) is 3.30. The lowest BCUT2D eigenvalue weighted by atomic mass is 10.0. The second-order valence-electron chi connectivity index (χ2n) is 5.62. The molecule has 2 N–H and O–H groups in total. The summed E-state index contributed by atoms with van der Waals surface area (Å²) < 4.78 is 5.47. The first-order valence-electron chi connectivity index (χ1n) is 7.79. The summed E-state index contributed by atoms with van der Waals surface area (Å²) in [4.78, 5) is 28.4. The van der Waals surface area contributed by atoms with Gasteiger partial charge in [0.05, 0.1) is 0 Å². The lowest BCUT2D eigenvalue weighted by Crippen LogP contribution is -2.12. The van der Waals surface area contributed by atoms with Crippen molar-refractivity contribution in [2.24, 2.45) is 0 Å². The third-order valence-electron chi connectivity index (χ3n) is 3.90. The number of carboxylic acids is 1. The molecule has 3 heterocycles. The van der Waals surface area contributed by atoms with Gasteiger partial charge in [-0.2, -0.15) is 0 Å². The molecule has 0 bridgehead atoms. The van der Waals surface area contributed by atoms with Crippen molar-refractivity contribution >= 4 is 50.9 Å². The molecular weight excluding hydrogens is 388 g/mol. The van der Waals surface area contributed by atoms with Gasteiger partial charge in [-0.1, -0.05) is 23.7 Å². The summed E-state index contributed by atoms with van der Waals surface area (Å²) in [7, 11) is 0. The second-order valence-corrected chi connectivity index (χ2v) is 6.93. The Kier molecular flexibility index (Phi) is 4.39. The van der Waals surface area contributed by atoms with Crippen LogP contribution in [0, 0.1) is 0 Å². The number of furan rings is 1. The zero-order valence-corrected chi connectivity index (χ0v) is 15.2. The van der Waals surface area contributed by atoms with Crippen molar-refractivity contribution in [2.75, 3.05) is 5.32 Å². The van der Waals surface area contributed by atoms with E-state index in [9.17, 15) is 14.7 Å². The number of carbonyl (C=O) groups excluding carboxylic acids is 1. The molecule has 4 rings (SSSR count). The van der Waals surface area contributed by atoms with Crippen molar-refractivity contribution in [3.05, 3.63) is 70.4 Å². The lowest BCUT2D eigenvalue weighted by molar-refractivity contribution is 0.0699. The zero-order chi connectivity index (χ0) is 19.0. The zero-order valence-electron chi connectivity index (χ0n) is 13.6. The summed E-state index contributed by atoms with van der Waals surface area (Å²) in [6, 6.07) is 11.7. The molecule has 3 aromatic heterocycles. The second kappa shape index (κ2) is 6.86.